The largest absolute Gasteiger partial charge is 0.303 e. The van der Waals surface area contributed by atoms with Crippen LogP contribution in [0.4, 0.5) is 0 Å². The number of para-hydroxylation sites is 1. The number of hydrogen-bond acceptors (Lipinski definition) is 5. The Morgan fingerprint density at radius 2 is 1.75 bits per heavy atom. The van der Waals surface area contributed by atoms with Gasteiger partial charge in [-0.3, -0.25) is 9.47 Å². The summed E-state index contributed by atoms with van der Waals surface area (Å²) in [6, 6.07) is 11.3. The van der Waals surface area contributed by atoms with Crippen LogP contribution in [-0.4, -0.2) is 63.0 Å². The Labute approximate surface area is 173 Å². The van der Waals surface area contributed by atoms with Crippen LogP contribution in [0.15, 0.2) is 35.5 Å². The third-order valence-corrected chi connectivity index (χ3v) is 7.09. The molecule has 28 heavy (non-hydrogen) atoms. The molecule has 4 rings (SSSR count). The first-order chi connectivity index (χ1) is 13.8. The average Bonchev–Trinajstić information content (AvgIpc) is 3.13. The maximum atomic E-state index is 4.61. The first kappa shape index (κ1) is 19.9. The van der Waals surface area contributed by atoms with Crippen molar-refractivity contribution in [3.05, 3.63) is 36.2 Å². The molecule has 0 spiro atoms. The van der Waals surface area contributed by atoms with E-state index < -0.39 is 0 Å². The van der Waals surface area contributed by atoms with Gasteiger partial charge in [-0.2, -0.15) is 0 Å². The van der Waals surface area contributed by atoms with E-state index in [1.807, 2.05) is 11.8 Å². The second-order valence-electron chi connectivity index (χ2n) is 8.17. The molecule has 3 heterocycles. The highest BCUT2D eigenvalue weighted by atomic mass is 32.2. The molecule has 1 aromatic carbocycles. The molecule has 6 heteroatoms. The van der Waals surface area contributed by atoms with E-state index in [9.17, 15) is 0 Å². The highest BCUT2D eigenvalue weighted by Crippen LogP contribution is 2.26. The van der Waals surface area contributed by atoms with Crippen molar-refractivity contribution >= 4 is 11.8 Å². The molecule has 0 N–H and O–H groups in total. The Morgan fingerprint density at radius 1 is 0.964 bits per heavy atom. The molecule has 0 aliphatic carbocycles. The SMILES string of the molecule is CN1CCCCC1CCSc1nnc(CN2CCCCC2)n1-c1ccccc1. The van der Waals surface area contributed by atoms with Gasteiger partial charge in [0.2, 0.25) is 0 Å². The van der Waals surface area contributed by atoms with E-state index in [0.717, 1.165) is 29.3 Å². The minimum absolute atomic E-state index is 0.724. The van der Waals surface area contributed by atoms with Crippen LogP contribution in [-0.2, 0) is 6.54 Å². The van der Waals surface area contributed by atoms with Gasteiger partial charge in [-0.1, -0.05) is 42.8 Å². The van der Waals surface area contributed by atoms with Crippen molar-refractivity contribution in [1.29, 1.82) is 0 Å². The summed E-state index contributed by atoms with van der Waals surface area (Å²) in [5, 5.41) is 10.2. The molecule has 1 aromatic heterocycles. The monoisotopic (exact) mass is 399 g/mol. The molecule has 2 aromatic rings. The van der Waals surface area contributed by atoms with E-state index in [2.05, 4.69) is 61.9 Å². The van der Waals surface area contributed by atoms with Crippen molar-refractivity contribution in [3.8, 4) is 5.69 Å². The van der Waals surface area contributed by atoms with Crippen molar-refractivity contribution in [2.24, 2.45) is 0 Å². The minimum Gasteiger partial charge on any atom is -0.303 e. The molecule has 0 amide bonds. The number of piperidine rings is 2. The van der Waals surface area contributed by atoms with Crippen molar-refractivity contribution in [2.45, 2.75) is 62.7 Å². The summed E-state index contributed by atoms with van der Waals surface area (Å²) in [7, 11) is 2.28. The number of thioether (sulfide) groups is 1. The lowest BCUT2D eigenvalue weighted by Gasteiger charge is -2.32. The summed E-state index contributed by atoms with van der Waals surface area (Å²) >= 11 is 1.86. The predicted molar refractivity (Wildman–Crippen MR) is 116 cm³/mol. The Hall–Kier alpha value is -1.37. The van der Waals surface area contributed by atoms with Crippen LogP contribution in [0.3, 0.4) is 0 Å². The van der Waals surface area contributed by atoms with Gasteiger partial charge in [0, 0.05) is 17.5 Å². The quantitative estimate of drug-likeness (QED) is 0.652. The highest BCUT2D eigenvalue weighted by molar-refractivity contribution is 7.99. The second-order valence-corrected chi connectivity index (χ2v) is 9.24. The zero-order chi connectivity index (χ0) is 19.2. The number of benzene rings is 1. The summed E-state index contributed by atoms with van der Waals surface area (Å²) in [5.74, 6) is 2.18. The molecule has 2 fully saturated rings. The van der Waals surface area contributed by atoms with Crippen LogP contribution in [0.1, 0.15) is 50.8 Å². The topological polar surface area (TPSA) is 37.2 Å². The summed E-state index contributed by atoms with van der Waals surface area (Å²) in [6.07, 6.45) is 9.25. The van der Waals surface area contributed by atoms with Crippen molar-refractivity contribution < 1.29 is 0 Å². The molecule has 0 radical (unpaired) electrons. The van der Waals surface area contributed by atoms with Gasteiger partial charge < -0.3 is 4.90 Å². The fourth-order valence-electron chi connectivity index (χ4n) is 4.45. The van der Waals surface area contributed by atoms with Crippen molar-refractivity contribution in [3.63, 3.8) is 0 Å². The molecule has 0 bridgehead atoms. The van der Waals surface area contributed by atoms with E-state index in [1.165, 1.54) is 70.3 Å². The summed E-state index contributed by atoms with van der Waals surface area (Å²) in [6.45, 7) is 4.50. The van der Waals surface area contributed by atoms with Crippen LogP contribution in [0.25, 0.3) is 5.69 Å². The summed E-state index contributed by atoms with van der Waals surface area (Å²) < 4.78 is 2.28. The molecular weight excluding hydrogens is 366 g/mol. The van der Waals surface area contributed by atoms with Gasteiger partial charge in [-0.15, -0.1) is 10.2 Å². The van der Waals surface area contributed by atoms with Crippen LogP contribution in [0.5, 0.6) is 0 Å². The second kappa shape index (κ2) is 9.90. The van der Waals surface area contributed by atoms with Gasteiger partial charge in [0.05, 0.1) is 6.54 Å². The van der Waals surface area contributed by atoms with Gasteiger partial charge in [0.25, 0.3) is 0 Å². The number of likely N-dealkylation sites (tertiary alicyclic amines) is 2. The molecule has 2 saturated heterocycles. The van der Waals surface area contributed by atoms with E-state index in [1.54, 1.807) is 0 Å². The minimum atomic E-state index is 0.724. The fraction of sp³-hybridized carbons (Fsp3) is 0.636. The molecule has 0 saturated carbocycles. The van der Waals surface area contributed by atoms with E-state index in [-0.39, 0.29) is 0 Å². The molecule has 152 valence electrons. The number of nitrogens with zero attached hydrogens (tertiary/aromatic N) is 5. The predicted octanol–water partition coefficient (Wildman–Crippen LogP) is 4.22. The third-order valence-electron chi connectivity index (χ3n) is 6.13. The Kier molecular flexibility index (Phi) is 7.04. The number of hydrogen-bond donors (Lipinski definition) is 0. The third kappa shape index (κ3) is 4.97. The summed E-state index contributed by atoms with van der Waals surface area (Å²) in [4.78, 5) is 5.06. The first-order valence-electron chi connectivity index (χ1n) is 10.9. The first-order valence-corrected chi connectivity index (χ1v) is 11.8. The van der Waals surface area contributed by atoms with Gasteiger partial charge in [-0.05, 0) is 70.9 Å². The maximum Gasteiger partial charge on any atom is 0.195 e. The van der Waals surface area contributed by atoms with E-state index in [4.69, 9.17) is 0 Å². The zero-order valence-electron chi connectivity index (χ0n) is 17.1. The standard InChI is InChI=1S/C22H33N5S/c1-25-14-9-6-10-19(25)13-17-28-22-24-23-21(18-26-15-7-3-8-16-26)27(22)20-11-4-2-5-12-20/h2,4-5,11-12,19H,3,6-10,13-18H2,1H3. The highest BCUT2D eigenvalue weighted by Gasteiger charge is 2.21. The maximum absolute atomic E-state index is 4.61. The lowest BCUT2D eigenvalue weighted by atomic mass is 10.0. The van der Waals surface area contributed by atoms with Gasteiger partial charge >= 0.3 is 0 Å². The van der Waals surface area contributed by atoms with E-state index in [0.29, 0.717) is 0 Å². The fourth-order valence-corrected chi connectivity index (χ4v) is 5.46. The van der Waals surface area contributed by atoms with Gasteiger partial charge in [0.15, 0.2) is 11.0 Å². The Morgan fingerprint density at radius 3 is 2.54 bits per heavy atom. The average molecular weight is 400 g/mol. The molecular formula is C22H33N5S. The number of rotatable bonds is 7. The molecule has 5 nitrogen and oxygen atoms in total. The van der Waals surface area contributed by atoms with E-state index >= 15 is 0 Å². The van der Waals surface area contributed by atoms with Crippen LogP contribution in [0.2, 0.25) is 0 Å². The molecule has 2 aliphatic rings. The van der Waals surface area contributed by atoms with Gasteiger partial charge in [0.1, 0.15) is 0 Å². The lowest BCUT2D eigenvalue weighted by Crippen LogP contribution is -2.36. The summed E-state index contributed by atoms with van der Waals surface area (Å²) in [5.41, 5.74) is 1.18. The molecule has 2 aliphatic heterocycles. The number of aromatic nitrogens is 3. The zero-order valence-corrected chi connectivity index (χ0v) is 17.9. The normalized spacial score (nSPS) is 21.8. The van der Waals surface area contributed by atoms with Crippen LogP contribution >= 0.6 is 11.8 Å². The van der Waals surface area contributed by atoms with Crippen molar-refractivity contribution in [2.75, 3.05) is 32.4 Å². The van der Waals surface area contributed by atoms with Gasteiger partial charge in [-0.25, -0.2) is 0 Å². The Bertz CT molecular complexity index is 726. The lowest BCUT2D eigenvalue weighted by molar-refractivity contribution is 0.182. The molecule has 1 unspecified atom stereocenters. The molecule has 1 atom stereocenters. The van der Waals surface area contributed by atoms with Crippen molar-refractivity contribution in [1.82, 2.24) is 24.6 Å². The Balaban J connectivity index is 1.46. The van der Waals surface area contributed by atoms with Crippen LogP contribution in [0, 0.1) is 0 Å². The smallest absolute Gasteiger partial charge is 0.195 e. The van der Waals surface area contributed by atoms with Crippen LogP contribution < -0.4 is 0 Å².